The quantitative estimate of drug-likeness (QED) is 0.533. The molecule has 0 unspecified atom stereocenters. The van der Waals surface area contributed by atoms with Gasteiger partial charge in [0.15, 0.2) is 0 Å². The van der Waals surface area contributed by atoms with Crippen LogP contribution in [0.3, 0.4) is 0 Å². The van der Waals surface area contributed by atoms with Gasteiger partial charge in [0.05, 0.1) is 0 Å². The molecule has 0 heterocycles. The van der Waals surface area contributed by atoms with Gasteiger partial charge in [0.2, 0.25) is 0 Å². The van der Waals surface area contributed by atoms with Crippen LogP contribution >= 0.6 is 0 Å². The SMILES string of the molecule is [Nd+3].[O-2].[O-2].[O-2].[O-2].[Ta+5]. The molecular weight excluding hydrogens is 389 g/mol. The Morgan fingerprint density at radius 3 is 0.500 bits per heavy atom. The van der Waals surface area contributed by atoms with Crippen LogP contribution < -0.4 is 0 Å². The van der Waals surface area contributed by atoms with Crippen molar-refractivity contribution in [3.8, 4) is 0 Å². The first-order chi connectivity index (χ1) is 0. The Morgan fingerprint density at radius 1 is 0.500 bits per heavy atom. The summed E-state index contributed by atoms with van der Waals surface area (Å²) >= 11 is 0. The average Bonchev–Trinajstić information content (AvgIpc) is 0. The first-order valence-corrected chi connectivity index (χ1v) is 0. The molecule has 0 N–H and O–H groups in total. The van der Waals surface area contributed by atoms with Gasteiger partial charge in [0.1, 0.15) is 0 Å². The van der Waals surface area contributed by atoms with Gasteiger partial charge in [0, 0.05) is 0 Å². The third kappa shape index (κ3) is 38.7. The smallest absolute Gasteiger partial charge is 2.00 e. The van der Waals surface area contributed by atoms with Crippen LogP contribution in [-0.2, 0) is 44.3 Å². The van der Waals surface area contributed by atoms with E-state index in [-0.39, 0.29) is 85.1 Å². The van der Waals surface area contributed by atoms with Crippen LogP contribution in [-0.4, -0.2) is 0 Å². The largest absolute Gasteiger partial charge is 5.00 e. The van der Waals surface area contributed by atoms with Gasteiger partial charge in [-0.2, -0.15) is 0 Å². The molecule has 0 amide bonds. The van der Waals surface area contributed by atoms with E-state index in [1.165, 1.54) is 0 Å². The molecule has 0 aliphatic heterocycles. The summed E-state index contributed by atoms with van der Waals surface area (Å²) in [6.07, 6.45) is 0. The van der Waals surface area contributed by atoms with Crippen LogP contribution in [0.4, 0.5) is 0 Å². The summed E-state index contributed by atoms with van der Waals surface area (Å²) < 4.78 is 0. The molecule has 4 nitrogen and oxygen atoms in total. The molecular formula is NdO4Ta. The van der Waals surface area contributed by atoms with E-state index in [2.05, 4.69) is 0 Å². The Balaban J connectivity index is 0. The van der Waals surface area contributed by atoms with Gasteiger partial charge in [-0.3, -0.25) is 0 Å². The Kier molecular flexibility index (Phi) is 1110. The minimum absolute atomic E-state index is 0. The van der Waals surface area contributed by atoms with E-state index < -0.39 is 0 Å². The number of hydrogen-bond donors (Lipinski definition) is 0. The van der Waals surface area contributed by atoms with Gasteiger partial charge < -0.3 is 21.9 Å². The van der Waals surface area contributed by atoms with E-state index in [4.69, 9.17) is 0 Å². The van der Waals surface area contributed by atoms with Crippen LogP contribution in [0.2, 0.25) is 0 Å². The molecule has 0 aliphatic carbocycles. The zero-order valence-corrected chi connectivity index (χ0v) is 9.00. The molecule has 0 aromatic carbocycles. The molecule has 0 saturated heterocycles. The van der Waals surface area contributed by atoms with Crippen molar-refractivity contribution >= 4 is 0 Å². The molecule has 0 atom stereocenters. The van der Waals surface area contributed by atoms with Crippen molar-refractivity contribution < 1.29 is 85.1 Å². The predicted octanol–water partition coefficient (Wildman–Crippen LogP) is -0.478. The van der Waals surface area contributed by atoms with E-state index >= 15 is 0 Å². The first kappa shape index (κ1) is 102. The first-order valence-electron chi connectivity index (χ1n) is 0. The molecule has 6 heteroatoms. The average molecular weight is 389 g/mol. The van der Waals surface area contributed by atoms with Gasteiger partial charge in [-0.25, -0.2) is 0 Å². The fraction of sp³-hybridized carbons (Fsp3) is 0. The summed E-state index contributed by atoms with van der Waals surface area (Å²) in [5.74, 6) is 0. The maximum Gasteiger partial charge on any atom is 5.00 e. The third-order valence-electron chi connectivity index (χ3n) is 0. The van der Waals surface area contributed by atoms with Crippen molar-refractivity contribution in [2.45, 2.75) is 0 Å². The maximum absolute atomic E-state index is 0. The molecule has 1 radical (unpaired) electrons. The van der Waals surface area contributed by atoms with Crippen molar-refractivity contribution in [2.75, 3.05) is 0 Å². The van der Waals surface area contributed by atoms with E-state index in [0.29, 0.717) is 0 Å². The summed E-state index contributed by atoms with van der Waals surface area (Å²) in [5, 5.41) is 0. The minimum Gasteiger partial charge on any atom is -2.00 e. The molecule has 6 heavy (non-hydrogen) atoms. The van der Waals surface area contributed by atoms with E-state index in [1.54, 1.807) is 0 Å². The van der Waals surface area contributed by atoms with E-state index in [9.17, 15) is 0 Å². The second-order valence-corrected chi connectivity index (χ2v) is 0. The predicted molar refractivity (Wildman–Crippen MR) is 2.75 cm³/mol. The van der Waals surface area contributed by atoms with Crippen molar-refractivity contribution in [3.05, 3.63) is 0 Å². The zero-order chi connectivity index (χ0) is 0. The molecule has 0 saturated carbocycles. The minimum atomic E-state index is 0. The van der Waals surface area contributed by atoms with Crippen molar-refractivity contribution in [1.82, 2.24) is 0 Å². The summed E-state index contributed by atoms with van der Waals surface area (Å²) in [7, 11) is 0. The molecule has 0 aliphatic rings. The van der Waals surface area contributed by atoms with Crippen molar-refractivity contribution in [2.24, 2.45) is 0 Å². The zero-order valence-electron chi connectivity index (χ0n) is 2.58. The Hall–Kier alpha value is 1.93. The normalized spacial score (nSPS) is 0. The fourth-order valence-corrected chi connectivity index (χ4v) is 0. The Morgan fingerprint density at radius 2 is 0.500 bits per heavy atom. The van der Waals surface area contributed by atoms with Crippen LogP contribution in [0.1, 0.15) is 0 Å². The maximum atomic E-state index is 0. The topological polar surface area (TPSA) is 114 Å². The second-order valence-electron chi connectivity index (χ2n) is 0. The summed E-state index contributed by atoms with van der Waals surface area (Å²) in [4.78, 5) is 0. The molecule has 0 fully saturated rings. The third-order valence-corrected chi connectivity index (χ3v) is 0. The number of hydrogen-bond acceptors (Lipinski definition) is 0. The Labute approximate surface area is 84.0 Å². The molecule has 33 valence electrons. The van der Waals surface area contributed by atoms with Gasteiger partial charge in [-0.05, 0) is 0 Å². The summed E-state index contributed by atoms with van der Waals surface area (Å²) in [6, 6.07) is 0. The van der Waals surface area contributed by atoms with Gasteiger partial charge in [-0.1, -0.05) is 0 Å². The van der Waals surface area contributed by atoms with Gasteiger partial charge in [0.25, 0.3) is 0 Å². The Bertz CT molecular complexity index is 7.51. The summed E-state index contributed by atoms with van der Waals surface area (Å²) in [5.41, 5.74) is 0. The van der Waals surface area contributed by atoms with Crippen LogP contribution in [0, 0.1) is 40.8 Å². The van der Waals surface area contributed by atoms with Crippen molar-refractivity contribution in [1.29, 1.82) is 0 Å². The van der Waals surface area contributed by atoms with E-state index in [0.717, 1.165) is 0 Å². The number of rotatable bonds is 0. The molecule has 0 aromatic rings. The molecule has 0 rings (SSSR count). The van der Waals surface area contributed by atoms with E-state index in [1.807, 2.05) is 0 Å². The monoisotopic (exact) mass is 387 g/mol. The second kappa shape index (κ2) is 65.4. The van der Waals surface area contributed by atoms with Gasteiger partial charge >= 0.3 is 63.2 Å². The van der Waals surface area contributed by atoms with Gasteiger partial charge in [-0.15, -0.1) is 0 Å². The molecule has 0 bridgehead atoms. The van der Waals surface area contributed by atoms with Crippen LogP contribution in [0.25, 0.3) is 0 Å². The van der Waals surface area contributed by atoms with Crippen molar-refractivity contribution in [3.63, 3.8) is 0 Å². The fourth-order valence-electron chi connectivity index (χ4n) is 0. The van der Waals surface area contributed by atoms with Crippen LogP contribution in [0.5, 0.6) is 0 Å². The summed E-state index contributed by atoms with van der Waals surface area (Å²) in [6.45, 7) is 0. The molecule has 0 spiro atoms. The molecule has 0 aromatic heterocycles. The standard InChI is InChI=1S/Nd.4O.Ta/q+3;4*-2;+5. The van der Waals surface area contributed by atoms with Crippen LogP contribution in [0.15, 0.2) is 0 Å².